The molecule has 1 saturated carbocycles. The van der Waals surface area contributed by atoms with E-state index in [2.05, 4.69) is 61.4 Å². The molecule has 22 heavy (non-hydrogen) atoms. The second-order valence-electron chi connectivity index (χ2n) is 7.78. The van der Waals surface area contributed by atoms with Crippen LogP contribution in [0.15, 0.2) is 30.3 Å². The number of rotatable bonds is 3. The van der Waals surface area contributed by atoms with E-state index < -0.39 is 0 Å². The minimum atomic E-state index is -0.0268. The zero-order valence-corrected chi connectivity index (χ0v) is 14.3. The van der Waals surface area contributed by atoms with E-state index in [0.29, 0.717) is 6.04 Å². The lowest BCUT2D eigenvalue weighted by Crippen LogP contribution is -2.60. The van der Waals surface area contributed by atoms with Crippen LogP contribution >= 0.6 is 0 Å². The van der Waals surface area contributed by atoms with Crippen LogP contribution in [0.5, 0.6) is 0 Å². The molecule has 1 aliphatic heterocycles. The van der Waals surface area contributed by atoms with Crippen molar-refractivity contribution in [1.29, 1.82) is 0 Å². The van der Waals surface area contributed by atoms with Crippen LogP contribution in [0.25, 0.3) is 0 Å². The second-order valence-corrected chi connectivity index (χ2v) is 7.78. The Hall–Kier alpha value is -0.900. The van der Waals surface area contributed by atoms with Crippen molar-refractivity contribution in [3.05, 3.63) is 35.9 Å². The van der Waals surface area contributed by atoms with Crippen LogP contribution in [0.2, 0.25) is 0 Å². The first kappa shape index (κ1) is 16.0. The molecule has 1 aromatic carbocycles. The number of nitrogens with one attached hydrogen (secondary N) is 1. The third-order valence-electron chi connectivity index (χ3n) is 5.26. The Bertz CT molecular complexity index is 477. The first-order valence-corrected chi connectivity index (χ1v) is 8.63. The zero-order valence-electron chi connectivity index (χ0n) is 14.3. The standard InChI is InChI=1S/C19H30N2O/c1-18(2)14-20-15-19(22-18)11-9-17(10-12-19)21(3)13-16-7-5-4-6-8-16/h4-8,17,20H,9-15H2,1-3H3. The highest BCUT2D eigenvalue weighted by molar-refractivity contribution is 5.14. The van der Waals surface area contributed by atoms with Crippen LogP contribution in [-0.4, -0.2) is 42.3 Å². The Kier molecular flexibility index (Phi) is 4.58. The topological polar surface area (TPSA) is 24.5 Å². The van der Waals surface area contributed by atoms with E-state index >= 15 is 0 Å². The van der Waals surface area contributed by atoms with E-state index in [1.807, 2.05) is 0 Å². The third-order valence-corrected chi connectivity index (χ3v) is 5.26. The van der Waals surface area contributed by atoms with E-state index in [4.69, 9.17) is 4.74 Å². The highest BCUT2D eigenvalue weighted by Gasteiger charge is 2.43. The molecule has 0 unspecified atom stereocenters. The maximum atomic E-state index is 6.47. The Morgan fingerprint density at radius 2 is 1.82 bits per heavy atom. The van der Waals surface area contributed by atoms with Crippen LogP contribution in [0, 0.1) is 0 Å². The van der Waals surface area contributed by atoms with Crippen molar-refractivity contribution in [3.63, 3.8) is 0 Å². The summed E-state index contributed by atoms with van der Waals surface area (Å²) in [6.45, 7) is 7.43. The van der Waals surface area contributed by atoms with Gasteiger partial charge in [0.25, 0.3) is 0 Å². The van der Waals surface area contributed by atoms with Gasteiger partial charge in [0.05, 0.1) is 11.2 Å². The van der Waals surface area contributed by atoms with Crippen molar-refractivity contribution in [1.82, 2.24) is 10.2 Å². The summed E-state index contributed by atoms with van der Waals surface area (Å²) in [7, 11) is 2.26. The average molecular weight is 302 g/mol. The minimum absolute atomic E-state index is 0.0268. The van der Waals surface area contributed by atoms with Crippen LogP contribution < -0.4 is 5.32 Å². The summed E-state index contributed by atoms with van der Waals surface area (Å²) in [5.41, 5.74) is 1.45. The van der Waals surface area contributed by atoms with Crippen molar-refractivity contribution in [3.8, 4) is 0 Å². The molecule has 3 rings (SSSR count). The van der Waals surface area contributed by atoms with Gasteiger partial charge in [-0.25, -0.2) is 0 Å². The van der Waals surface area contributed by atoms with Gasteiger partial charge in [0.15, 0.2) is 0 Å². The summed E-state index contributed by atoms with van der Waals surface area (Å²) in [6.07, 6.45) is 4.82. The van der Waals surface area contributed by atoms with Gasteiger partial charge in [0.1, 0.15) is 0 Å². The summed E-state index contributed by atoms with van der Waals surface area (Å²) in [5, 5.41) is 3.58. The molecular formula is C19H30N2O. The van der Waals surface area contributed by atoms with Crippen molar-refractivity contribution in [2.75, 3.05) is 20.1 Å². The smallest absolute Gasteiger partial charge is 0.0815 e. The van der Waals surface area contributed by atoms with Crippen molar-refractivity contribution in [2.45, 2.75) is 63.3 Å². The predicted molar refractivity (Wildman–Crippen MR) is 90.9 cm³/mol. The molecular weight excluding hydrogens is 272 g/mol. The summed E-state index contributed by atoms with van der Waals surface area (Å²) in [6, 6.07) is 11.5. The van der Waals surface area contributed by atoms with Crippen LogP contribution in [0.3, 0.4) is 0 Å². The Labute approximate surface area is 135 Å². The Morgan fingerprint density at radius 1 is 1.14 bits per heavy atom. The number of ether oxygens (including phenoxy) is 1. The van der Waals surface area contributed by atoms with E-state index in [1.54, 1.807) is 0 Å². The molecule has 0 bridgehead atoms. The number of hydrogen-bond donors (Lipinski definition) is 1. The summed E-state index contributed by atoms with van der Waals surface area (Å²) >= 11 is 0. The number of morpholine rings is 1. The molecule has 122 valence electrons. The van der Waals surface area contributed by atoms with Gasteiger partial charge in [-0.2, -0.15) is 0 Å². The Morgan fingerprint density at radius 3 is 2.45 bits per heavy atom. The minimum Gasteiger partial charge on any atom is -0.366 e. The molecule has 1 spiro atoms. The predicted octanol–water partition coefficient (Wildman–Crippen LogP) is 3.20. The second kappa shape index (κ2) is 6.31. The van der Waals surface area contributed by atoms with Crippen molar-refractivity contribution in [2.24, 2.45) is 0 Å². The molecule has 0 aromatic heterocycles. The molecule has 0 radical (unpaired) electrons. The lowest BCUT2D eigenvalue weighted by molar-refractivity contribution is -0.180. The normalized spacial score (nSPS) is 31.5. The molecule has 1 saturated heterocycles. The van der Waals surface area contributed by atoms with Crippen LogP contribution in [0.4, 0.5) is 0 Å². The summed E-state index contributed by atoms with van der Waals surface area (Å²) in [5.74, 6) is 0. The molecule has 1 N–H and O–H groups in total. The summed E-state index contributed by atoms with van der Waals surface area (Å²) in [4.78, 5) is 2.52. The molecule has 1 aliphatic carbocycles. The fraction of sp³-hybridized carbons (Fsp3) is 0.684. The first-order chi connectivity index (χ1) is 10.5. The monoisotopic (exact) mass is 302 g/mol. The molecule has 2 fully saturated rings. The van der Waals surface area contributed by atoms with Crippen LogP contribution in [-0.2, 0) is 11.3 Å². The fourth-order valence-electron chi connectivity index (χ4n) is 4.10. The number of nitrogens with zero attached hydrogens (tertiary/aromatic N) is 1. The van der Waals surface area contributed by atoms with Gasteiger partial charge in [0.2, 0.25) is 0 Å². The molecule has 3 heteroatoms. The SMILES string of the molecule is CN(Cc1ccccc1)C1CCC2(CC1)CNCC(C)(C)O2. The number of benzene rings is 1. The molecule has 1 heterocycles. The summed E-state index contributed by atoms with van der Waals surface area (Å²) < 4.78 is 6.47. The van der Waals surface area contributed by atoms with Crippen molar-refractivity contribution >= 4 is 0 Å². The molecule has 0 amide bonds. The first-order valence-electron chi connectivity index (χ1n) is 8.63. The average Bonchev–Trinajstić information content (AvgIpc) is 2.47. The molecule has 2 aliphatic rings. The van der Waals surface area contributed by atoms with Crippen molar-refractivity contribution < 1.29 is 4.74 Å². The van der Waals surface area contributed by atoms with Gasteiger partial charge in [-0.3, -0.25) is 4.90 Å². The zero-order chi connectivity index (χ0) is 15.6. The van der Waals surface area contributed by atoms with Gasteiger partial charge in [-0.15, -0.1) is 0 Å². The van der Waals surface area contributed by atoms with Gasteiger partial charge in [-0.05, 0) is 52.1 Å². The third kappa shape index (κ3) is 3.70. The lowest BCUT2D eigenvalue weighted by atomic mass is 9.79. The largest absolute Gasteiger partial charge is 0.366 e. The maximum Gasteiger partial charge on any atom is 0.0815 e. The van der Waals surface area contributed by atoms with E-state index in [0.717, 1.165) is 19.6 Å². The molecule has 0 atom stereocenters. The highest BCUT2D eigenvalue weighted by Crippen LogP contribution is 2.38. The van der Waals surface area contributed by atoms with Crippen LogP contribution in [0.1, 0.15) is 45.1 Å². The molecule has 1 aromatic rings. The van der Waals surface area contributed by atoms with Gasteiger partial charge < -0.3 is 10.1 Å². The fourth-order valence-corrected chi connectivity index (χ4v) is 4.10. The van der Waals surface area contributed by atoms with E-state index in [9.17, 15) is 0 Å². The Balaban J connectivity index is 1.55. The highest BCUT2D eigenvalue weighted by atomic mass is 16.5. The van der Waals surface area contributed by atoms with Gasteiger partial charge in [-0.1, -0.05) is 30.3 Å². The lowest BCUT2D eigenvalue weighted by Gasteiger charge is -2.50. The van der Waals surface area contributed by atoms with E-state index in [1.165, 1.54) is 31.2 Å². The maximum absolute atomic E-state index is 6.47. The quantitative estimate of drug-likeness (QED) is 0.928. The van der Waals surface area contributed by atoms with Gasteiger partial charge >= 0.3 is 0 Å². The number of hydrogen-bond acceptors (Lipinski definition) is 3. The molecule has 3 nitrogen and oxygen atoms in total. The van der Waals surface area contributed by atoms with E-state index in [-0.39, 0.29) is 11.2 Å². The van der Waals surface area contributed by atoms with Gasteiger partial charge in [0, 0.05) is 25.7 Å².